The zero-order valence-corrected chi connectivity index (χ0v) is 33.4. The van der Waals surface area contributed by atoms with Crippen LogP contribution in [0.5, 0.6) is 0 Å². The maximum atomic E-state index is 12.5. The molecule has 0 aromatic rings. The molecule has 0 aliphatic carbocycles. The lowest BCUT2D eigenvalue weighted by molar-refractivity contribution is -0.161. The van der Waals surface area contributed by atoms with Gasteiger partial charge >= 0.3 is 19.8 Å². The Morgan fingerprint density at radius 2 is 1.30 bits per heavy atom. The van der Waals surface area contributed by atoms with Crippen molar-refractivity contribution in [1.82, 2.24) is 0 Å². The molecule has 0 saturated heterocycles. The smallest absolute Gasteiger partial charge is 0.462 e. The number of aliphatic hydroxyl groups is 3. The van der Waals surface area contributed by atoms with E-state index >= 15 is 0 Å². The highest BCUT2D eigenvalue weighted by Gasteiger charge is 2.27. The Bertz CT molecular complexity index is 1140. The van der Waals surface area contributed by atoms with E-state index in [0.717, 1.165) is 50.9 Å². The van der Waals surface area contributed by atoms with Gasteiger partial charge in [-0.1, -0.05) is 139 Å². The van der Waals surface area contributed by atoms with E-state index in [0.29, 0.717) is 19.3 Å². The fraction of sp³-hybridized carbons (Fsp3) is 0.659. The number of carbonyl (C=O) groups is 2. The topological polar surface area (TPSA) is 169 Å². The highest BCUT2D eigenvalue weighted by atomic mass is 31.2. The number of unbranched alkanes of at least 4 members (excludes halogenated alkanes) is 6. The molecule has 11 nitrogen and oxygen atoms in total. The molecule has 0 spiro atoms. The number of allylic oxidation sites excluding steroid dienone is 10. The maximum absolute atomic E-state index is 12.5. The van der Waals surface area contributed by atoms with E-state index in [1.807, 2.05) is 12.2 Å². The van der Waals surface area contributed by atoms with Crippen LogP contribution in [0.25, 0.3) is 0 Å². The fourth-order valence-corrected chi connectivity index (χ4v) is 5.43. The lowest BCUT2D eigenvalue weighted by Crippen LogP contribution is -2.29. The van der Waals surface area contributed by atoms with Gasteiger partial charge < -0.3 is 29.7 Å². The first-order valence-corrected chi connectivity index (χ1v) is 20.9. The van der Waals surface area contributed by atoms with Gasteiger partial charge in [-0.25, -0.2) is 4.57 Å². The van der Waals surface area contributed by atoms with Gasteiger partial charge in [-0.2, -0.15) is 0 Å². The van der Waals surface area contributed by atoms with Crippen LogP contribution in [-0.2, 0) is 32.7 Å². The number of rotatable bonds is 34. The molecule has 0 aliphatic rings. The standard InChI is InChI=1S/C41H69O11P/c1-4-5-6-7-8-9-10-11-12-13-16-19-23-28-37(43)29-24-21-26-30-40(45)49-34-39(35-51-53(47,48)50-33-38(44)32-42)52-41(46)31-25-20-17-14-15-18-22-27-36(2)3/h5-6,8-9,11-12,16,19,21,23-24,28,36-39,42-44H,4,7,10,13-15,17-18,20,22,25-27,29-35H2,1-3H3,(H,47,48)/b6-5-,9-8-,12-11-,19-16-,24-21-,28-23-/t37?,38-,39+/m0/s1. The fourth-order valence-electron chi connectivity index (χ4n) is 4.64. The van der Waals surface area contributed by atoms with E-state index < -0.39 is 64.5 Å². The minimum atomic E-state index is -4.65. The summed E-state index contributed by atoms with van der Waals surface area (Å²) in [5.74, 6) is -0.397. The van der Waals surface area contributed by atoms with Gasteiger partial charge in [0.2, 0.25) is 0 Å². The van der Waals surface area contributed by atoms with Crippen molar-refractivity contribution in [2.24, 2.45) is 5.92 Å². The van der Waals surface area contributed by atoms with Crippen LogP contribution in [0.15, 0.2) is 72.9 Å². The summed E-state index contributed by atoms with van der Waals surface area (Å²) in [4.78, 5) is 34.8. The third kappa shape index (κ3) is 36.1. The number of hydrogen-bond acceptors (Lipinski definition) is 10. The van der Waals surface area contributed by atoms with Gasteiger partial charge in [0.05, 0.1) is 25.9 Å². The molecule has 0 aromatic heterocycles. The second-order valence-electron chi connectivity index (χ2n) is 13.3. The molecule has 0 aromatic carbocycles. The van der Waals surface area contributed by atoms with E-state index in [4.69, 9.17) is 19.1 Å². The summed E-state index contributed by atoms with van der Waals surface area (Å²) in [7, 11) is -4.65. The Balaban J connectivity index is 4.57. The molecular formula is C41H69O11P. The van der Waals surface area contributed by atoms with Crippen molar-refractivity contribution in [3.8, 4) is 0 Å². The van der Waals surface area contributed by atoms with Gasteiger partial charge in [0.25, 0.3) is 0 Å². The minimum Gasteiger partial charge on any atom is -0.462 e. The molecule has 0 bridgehead atoms. The van der Waals surface area contributed by atoms with Crippen molar-refractivity contribution in [2.75, 3.05) is 26.4 Å². The third-order valence-electron chi connectivity index (χ3n) is 7.65. The molecule has 0 radical (unpaired) electrons. The lowest BCUT2D eigenvalue weighted by Gasteiger charge is -2.20. The summed E-state index contributed by atoms with van der Waals surface area (Å²) in [5, 5.41) is 28.4. The maximum Gasteiger partial charge on any atom is 0.472 e. The van der Waals surface area contributed by atoms with Crippen LogP contribution in [0.3, 0.4) is 0 Å². The van der Waals surface area contributed by atoms with Gasteiger partial charge in [0.15, 0.2) is 6.10 Å². The molecule has 12 heteroatoms. The Morgan fingerprint density at radius 1 is 0.698 bits per heavy atom. The summed E-state index contributed by atoms with van der Waals surface area (Å²) in [6, 6.07) is 0. The summed E-state index contributed by atoms with van der Waals surface area (Å²) in [5.41, 5.74) is 0. The molecule has 53 heavy (non-hydrogen) atoms. The van der Waals surface area contributed by atoms with E-state index in [9.17, 15) is 29.3 Å². The van der Waals surface area contributed by atoms with Gasteiger partial charge in [-0.15, -0.1) is 0 Å². The number of phosphoric acid groups is 1. The van der Waals surface area contributed by atoms with Gasteiger partial charge in [-0.3, -0.25) is 18.6 Å². The summed E-state index contributed by atoms with van der Waals surface area (Å²) in [6.45, 7) is 4.26. The van der Waals surface area contributed by atoms with E-state index in [1.165, 1.54) is 25.7 Å². The second-order valence-corrected chi connectivity index (χ2v) is 14.7. The molecule has 0 aliphatic heterocycles. The normalized spacial score (nSPS) is 15.5. The molecule has 4 atom stereocenters. The first-order chi connectivity index (χ1) is 25.5. The van der Waals surface area contributed by atoms with Crippen LogP contribution in [-0.4, -0.2) is 76.9 Å². The van der Waals surface area contributed by atoms with Gasteiger partial charge in [0.1, 0.15) is 12.7 Å². The third-order valence-corrected chi connectivity index (χ3v) is 8.60. The summed E-state index contributed by atoms with van der Waals surface area (Å²) >= 11 is 0. The van der Waals surface area contributed by atoms with Crippen LogP contribution in [0.1, 0.15) is 124 Å². The first-order valence-electron chi connectivity index (χ1n) is 19.4. The van der Waals surface area contributed by atoms with E-state index in [1.54, 1.807) is 24.3 Å². The SMILES string of the molecule is CC/C=C\C/C=C\C/C=C\C/C=C\C=C/C(O)C/C=C\CCC(=O)OC[C@H](COP(=O)(O)OC[C@@H](O)CO)OC(=O)CCCCCCCCCC(C)C. The zero-order chi connectivity index (χ0) is 39.4. The highest BCUT2D eigenvalue weighted by molar-refractivity contribution is 7.47. The number of esters is 2. The molecule has 0 heterocycles. The Hall–Kier alpha value is -2.63. The van der Waals surface area contributed by atoms with E-state index in [2.05, 4.69) is 61.8 Å². The quantitative estimate of drug-likeness (QED) is 0.0163. The van der Waals surface area contributed by atoms with E-state index in [-0.39, 0.29) is 12.8 Å². The van der Waals surface area contributed by atoms with Crippen LogP contribution in [0.2, 0.25) is 0 Å². The molecular weight excluding hydrogens is 699 g/mol. The van der Waals surface area contributed by atoms with Crippen LogP contribution >= 0.6 is 7.82 Å². The molecule has 0 fully saturated rings. The average Bonchev–Trinajstić information content (AvgIpc) is 3.12. The highest BCUT2D eigenvalue weighted by Crippen LogP contribution is 2.43. The van der Waals surface area contributed by atoms with Crippen molar-refractivity contribution in [3.63, 3.8) is 0 Å². The predicted octanol–water partition coefficient (Wildman–Crippen LogP) is 8.54. The first kappa shape index (κ1) is 50.4. The minimum absolute atomic E-state index is 0.0318. The monoisotopic (exact) mass is 768 g/mol. The largest absolute Gasteiger partial charge is 0.472 e. The average molecular weight is 769 g/mol. The number of phosphoric ester groups is 1. The zero-order valence-electron chi connectivity index (χ0n) is 32.5. The van der Waals surface area contributed by atoms with Crippen LogP contribution < -0.4 is 0 Å². The van der Waals surface area contributed by atoms with Crippen molar-refractivity contribution in [1.29, 1.82) is 0 Å². The number of hydrogen-bond donors (Lipinski definition) is 4. The second kappa shape index (κ2) is 35.1. The molecule has 2 unspecified atom stereocenters. The van der Waals surface area contributed by atoms with Crippen molar-refractivity contribution < 1.29 is 52.9 Å². The number of aliphatic hydroxyl groups excluding tert-OH is 3. The molecule has 304 valence electrons. The number of ether oxygens (including phenoxy) is 2. The Morgan fingerprint density at radius 3 is 1.94 bits per heavy atom. The molecule has 0 saturated carbocycles. The Kier molecular flexibility index (Phi) is 33.4. The molecule has 0 amide bonds. The van der Waals surface area contributed by atoms with Crippen LogP contribution in [0.4, 0.5) is 0 Å². The van der Waals surface area contributed by atoms with Gasteiger partial charge in [-0.05, 0) is 50.9 Å². The number of carbonyl (C=O) groups excluding carboxylic acids is 2. The summed E-state index contributed by atoms with van der Waals surface area (Å²) in [6.07, 6.45) is 33.7. The predicted molar refractivity (Wildman–Crippen MR) is 211 cm³/mol. The van der Waals surface area contributed by atoms with Crippen molar-refractivity contribution >= 4 is 19.8 Å². The molecule has 0 rings (SSSR count). The molecule has 4 N–H and O–H groups in total. The lowest BCUT2D eigenvalue weighted by atomic mass is 10.0. The summed E-state index contributed by atoms with van der Waals surface area (Å²) < 4.78 is 32.4. The van der Waals surface area contributed by atoms with Crippen molar-refractivity contribution in [2.45, 2.75) is 142 Å². The van der Waals surface area contributed by atoms with Gasteiger partial charge in [0, 0.05) is 12.8 Å². The van der Waals surface area contributed by atoms with Crippen molar-refractivity contribution in [3.05, 3.63) is 72.9 Å². The Labute approximate surface area is 319 Å². The van der Waals surface area contributed by atoms with Crippen LogP contribution in [0, 0.1) is 5.92 Å².